The molecular formula is C13H16F2O4. The third-order valence-corrected chi connectivity index (χ3v) is 2.39. The standard InChI is InChI=1S/C13H16F2O4/c1-3-18-12(16)7-4-9-8-10(17-2)5-6-11(9)19-13(14)15/h5-6,8,13H,3-4,7H2,1-2H3. The van der Waals surface area contributed by atoms with E-state index in [1.54, 1.807) is 13.0 Å². The Labute approximate surface area is 110 Å². The van der Waals surface area contributed by atoms with Crippen LogP contribution < -0.4 is 9.47 Å². The molecular weight excluding hydrogens is 258 g/mol. The highest BCUT2D eigenvalue weighted by molar-refractivity contribution is 5.69. The molecule has 0 spiro atoms. The average Bonchev–Trinajstić information content (AvgIpc) is 2.37. The van der Waals surface area contributed by atoms with Gasteiger partial charge in [-0.25, -0.2) is 0 Å². The molecule has 0 fully saturated rings. The fourth-order valence-corrected chi connectivity index (χ4v) is 1.56. The highest BCUT2D eigenvalue weighted by Gasteiger charge is 2.12. The Kier molecular flexibility index (Phi) is 6.05. The minimum absolute atomic E-state index is 0.0418. The Bertz CT molecular complexity index is 421. The van der Waals surface area contributed by atoms with Crippen molar-refractivity contribution in [2.75, 3.05) is 13.7 Å². The van der Waals surface area contributed by atoms with E-state index >= 15 is 0 Å². The quantitative estimate of drug-likeness (QED) is 0.717. The summed E-state index contributed by atoms with van der Waals surface area (Å²) >= 11 is 0. The number of ether oxygens (including phenoxy) is 3. The van der Waals surface area contributed by atoms with Crippen molar-refractivity contribution in [1.82, 2.24) is 0 Å². The van der Waals surface area contributed by atoms with Gasteiger partial charge in [0, 0.05) is 6.42 Å². The zero-order valence-electron chi connectivity index (χ0n) is 10.8. The van der Waals surface area contributed by atoms with Gasteiger partial charge in [0.2, 0.25) is 0 Å². The summed E-state index contributed by atoms with van der Waals surface area (Å²) < 4.78 is 38.7. The van der Waals surface area contributed by atoms with E-state index in [-0.39, 0.29) is 31.2 Å². The van der Waals surface area contributed by atoms with E-state index in [1.165, 1.54) is 19.2 Å². The molecule has 0 aliphatic carbocycles. The predicted molar refractivity (Wildman–Crippen MR) is 64.6 cm³/mol. The second-order valence-corrected chi connectivity index (χ2v) is 3.66. The first-order chi connectivity index (χ1) is 9.06. The van der Waals surface area contributed by atoms with Crippen molar-refractivity contribution in [2.45, 2.75) is 26.4 Å². The number of benzene rings is 1. The van der Waals surface area contributed by atoms with Crippen molar-refractivity contribution < 1.29 is 27.8 Å². The van der Waals surface area contributed by atoms with Crippen LogP contribution in [0.15, 0.2) is 18.2 Å². The molecule has 0 bridgehead atoms. The Balaban J connectivity index is 2.79. The number of rotatable bonds is 7. The maximum Gasteiger partial charge on any atom is 0.387 e. The molecule has 0 amide bonds. The van der Waals surface area contributed by atoms with Crippen LogP contribution in [0.25, 0.3) is 0 Å². The number of esters is 1. The van der Waals surface area contributed by atoms with Gasteiger partial charge in [0.1, 0.15) is 11.5 Å². The summed E-state index contributed by atoms with van der Waals surface area (Å²) in [4.78, 5) is 11.3. The molecule has 4 nitrogen and oxygen atoms in total. The van der Waals surface area contributed by atoms with Crippen molar-refractivity contribution in [1.29, 1.82) is 0 Å². The second-order valence-electron chi connectivity index (χ2n) is 3.66. The van der Waals surface area contributed by atoms with Gasteiger partial charge in [-0.05, 0) is 37.1 Å². The van der Waals surface area contributed by atoms with Gasteiger partial charge in [-0.1, -0.05) is 0 Å². The lowest BCUT2D eigenvalue weighted by Crippen LogP contribution is -2.08. The summed E-state index contributed by atoms with van der Waals surface area (Å²) in [7, 11) is 1.47. The summed E-state index contributed by atoms with van der Waals surface area (Å²) in [5.41, 5.74) is 0.479. The van der Waals surface area contributed by atoms with Gasteiger partial charge in [0.05, 0.1) is 13.7 Å². The number of carbonyl (C=O) groups is 1. The van der Waals surface area contributed by atoms with E-state index in [0.29, 0.717) is 11.3 Å². The molecule has 0 aliphatic rings. The zero-order valence-corrected chi connectivity index (χ0v) is 10.8. The van der Waals surface area contributed by atoms with E-state index in [1.807, 2.05) is 0 Å². The van der Waals surface area contributed by atoms with Gasteiger partial charge in [0.25, 0.3) is 0 Å². The summed E-state index contributed by atoms with van der Waals surface area (Å²) in [5.74, 6) is 0.175. The normalized spacial score (nSPS) is 10.4. The van der Waals surface area contributed by atoms with Gasteiger partial charge in [0.15, 0.2) is 0 Å². The number of hydrogen-bond donors (Lipinski definition) is 0. The van der Waals surface area contributed by atoms with Gasteiger partial charge in [-0.15, -0.1) is 0 Å². The fourth-order valence-electron chi connectivity index (χ4n) is 1.56. The number of methoxy groups -OCH3 is 1. The minimum atomic E-state index is -2.91. The molecule has 0 heterocycles. The van der Waals surface area contributed by atoms with E-state index < -0.39 is 6.61 Å². The molecule has 0 radical (unpaired) electrons. The minimum Gasteiger partial charge on any atom is -0.497 e. The van der Waals surface area contributed by atoms with Crippen LogP contribution in [-0.2, 0) is 16.0 Å². The third kappa shape index (κ3) is 5.11. The molecule has 0 aromatic heterocycles. The van der Waals surface area contributed by atoms with Crippen LogP contribution in [0, 0.1) is 0 Å². The SMILES string of the molecule is CCOC(=O)CCc1cc(OC)ccc1OC(F)F. The number of carbonyl (C=O) groups excluding carboxylic acids is 1. The zero-order chi connectivity index (χ0) is 14.3. The molecule has 1 rings (SSSR count). The molecule has 0 saturated carbocycles. The first-order valence-corrected chi connectivity index (χ1v) is 5.84. The Morgan fingerprint density at radius 2 is 2.11 bits per heavy atom. The van der Waals surface area contributed by atoms with Crippen molar-refractivity contribution >= 4 is 5.97 Å². The van der Waals surface area contributed by atoms with E-state index in [0.717, 1.165) is 0 Å². The Hall–Kier alpha value is -1.85. The van der Waals surface area contributed by atoms with Gasteiger partial charge in [-0.2, -0.15) is 8.78 Å². The molecule has 0 unspecified atom stereocenters. The maximum absolute atomic E-state index is 12.3. The lowest BCUT2D eigenvalue weighted by Gasteiger charge is -2.12. The first-order valence-electron chi connectivity index (χ1n) is 5.84. The summed E-state index contributed by atoms with van der Waals surface area (Å²) in [6.45, 7) is -0.915. The largest absolute Gasteiger partial charge is 0.497 e. The van der Waals surface area contributed by atoms with E-state index in [2.05, 4.69) is 4.74 Å². The number of halogens is 2. The maximum atomic E-state index is 12.3. The number of hydrogen-bond acceptors (Lipinski definition) is 4. The Morgan fingerprint density at radius 1 is 1.37 bits per heavy atom. The molecule has 0 N–H and O–H groups in total. The number of alkyl halides is 2. The van der Waals surface area contributed by atoms with E-state index in [4.69, 9.17) is 9.47 Å². The molecule has 106 valence electrons. The molecule has 6 heteroatoms. The third-order valence-electron chi connectivity index (χ3n) is 2.39. The van der Waals surface area contributed by atoms with E-state index in [9.17, 15) is 13.6 Å². The fraction of sp³-hybridized carbons (Fsp3) is 0.462. The lowest BCUT2D eigenvalue weighted by molar-refractivity contribution is -0.143. The van der Waals surface area contributed by atoms with Crippen molar-refractivity contribution in [3.05, 3.63) is 23.8 Å². The summed E-state index contributed by atoms with van der Waals surface area (Å²) in [6.07, 6.45) is 0.346. The first kappa shape index (κ1) is 15.2. The molecule has 19 heavy (non-hydrogen) atoms. The van der Waals surface area contributed by atoms with Crippen LogP contribution in [0.5, 0.6) is 11.5 Å². The molecule has 0 saturated heterocycles. The smallest absolute Gasteiger partial charge is 0.387 e. The van der Waals surface area contributed by atoms with Gasteiger partial charge in [-0.3, -0.25) is 4.79 Å². The number of aryl methyl sites for hydroxylation is 1. The highest BCUT2D eigenvalue weighted by Crippen LogP contribution is 2.26. The van der Waals surface area contributed by atoms with Crippen LogP contribution in [0.2, 0.25) is 0 Å². The predicted octanol–water partition coefficient (Wildman–Crippen LogP) is 2.79. The van der Waals surface area contributed by atoms with Gasteiger partial charge >= 0.3 is 12.6 Å². The van der Waals surface area contributed by atoms with Crippen molar-refractivity contribution in [3.8, 4) is 11.5 Å². The highest BCUT2D eigenvalue weighted by atomic mass is 19.3. The monoisotopic (exact) mass is 274 g/mol. The summed E-state index contributed by atoms with van der Waals surface area (Å²) in [5, 5.41) is 0. The molecule has 0 atom stereocenters. The van der Waals surface area contributed by atoms with Crippen LogP contribution in [0.1, 0.15) is 18.9 Å². The Morgan fingerprint density at radius 3 is 2.68 bits per heavy atom. The summed E-state index contributed by atoms with van der Waals surface area (Å²) in [6, 6.07) is 4.48. The molecule has 1 aromatic carbocycles. The van der Waals surface area contributed by atoms with Gasteiger partial charge < -0.3 is 14.2 Å². The van der Waals surface area contributed by atoms with Crippen LogP contribution in [-0.4, -0.2) is 26.3 Å². The lowest BCUT2D eigenvalue weighted by atomic mass is 10.1. The molecule has 1 aromatic rings. The second kappa shape index (κ2) is 7.56. The molecule has 0 aliphatic heterocycles. The van der Waals surface area contributed by atoms with Crippen LogP contribution in [0.3, 0.4) is 0 Å². The van der Waals surface area contributed by atoms with Crippen molar-refractivity contribution in [3.63, 3.8) is 0 Å². The average molecular weight is 274 g/mol. The van der Waals surface area contributed by atoms with Crippen molar-refractivity contribution in [2.24, 2.45) is 0 Å². The van der Waals surface area contributed by atoms with Crippen LogP contribution >= 0.6 is 0 Å². The topological polar surface area (TPSA) is 44.8 Å². The van der Waals surface area contributed by atoms with Crippen LogP contribution in [0.4, 0.5) is 8.78 Å².